The lowest BCUT2D eigenvalue weighted by molar-refractivity contribution is -0.274. The van der Waals surface area contributed by atoms with Crippen molar-refractivity contribution in [3.8, 4) is 28.7 Å². The lowest BCUT2D eigenvalue weighted by Gasteiger charge is -2.08. The van der Waals surface area contributed by atoms with Crippen LogP contribution in [-0.2, 0) is 17.6 Å². The molecule has 3 aromatic rings. The first-order valence-electron chi connectivity index (χ1n) is 10.5. The molecule has 0 amide bonds. The molecule has 0 bridgehead atoms. The highest BCUT2D eigenvalue weighted by Crippen LogP contribution is 2.28. The molecule has 0 unspecified atom stereocenters. The standard InChI is InChI=1S/C24H24F3NO5/c1-3-4-8-22-21(13-14-30-19-6-5-7-20(15-19)31-16(2)29)28-23(32-22)17-9-11-18(12-10-17)33-24(25,26)27/h5-7,9-12,15H,3-4,8,13-14H2,1-2H3. The maximum atomic E-state index is 12.4. The summed E-state index contributed by atoms with van der Waals surface area (Å²) < 4.78 is 57.8. The number of oxazole rings is 1. The van der Waals surface area contributed by atoms with E-state index >= 15 is 0 Å². The number of benzene rings is 2. The van der Waals surface area contributed by atoms with Gasteiger partial charge in [0.15, 0.2) is 0 Å². The Morgan fingerprint density at radius 3 is 2.42 bits per heavy atom. The van der Waals surface area contributed by atoms with Crippen molar-refractivity contribution < 1.29 is 36.6 Å². The molecule has 0 atom stereocenters. The maximum Gasteiger partial charge on any atom is 0.573 e. The third-order valence-corrected chi connectivity index (χ3v) is 4.55. The number of carbonyl (C=O) groups excluding carboxylic acids is 1. The van der Waals surface area contributed by atoms with E-state index in [1.807, 2.05) is 0 Å². The summed E-state index contributed by atoms with van der Waals surface area (Å²) in [6.45, 7) is 3.70. The Labute approximate surface area is 189 Å². The zero-order valence-electron chi connectivity index (χ0n) is 18.3. The Morgan fingerprint density at radius 2 is 1.76 bits per heavy atom. The molecule has 0 saturated carbocycles. The van der Waals surface area contributed by atoms with Crippen molar-refractivity contribution in [3.05, 3.63) is 60.0 Å². The van der Waals surface area contributed by atoms with Crippen LogP contribution in [0.1, 0.15) is 38.1 Å². The number of halogens is 3. The predicted molar refractivity (Wildman–Crippen MR) is 114 cm³/mol. The minimum absolute atomic E-state index is 0.311. The first-order valence-corrected chi connectivity index (χ1v) is 10.5. The lowest BCUT2D eigenvalue weighted by atomic mass is 10.1. The molecule has 0 fully saturated rings. The van der Waals surface area contributed by atoms with Gasteiger partial charge in [-0.3, -0.25) is 4.79 Å². The van der Waals surface area contributed by atoms with E-state index < -0.39 is 12.3 Å². The van der Waals surface area contributed by atoms with Gasteiger partial charge in [-0.25, -0.2) is 4.98 Å². The van der Waals surface area contributed by atoms with Gasteiger partial charge in [0.2, 0.25) is 5.89 Å². The zero-order chi connectivity index (χ0) is 23.8. The Balaban J connectivity index is 1.69. The van der Waals surface area contributed by atoms with Gasteiger partial charge in [-0.2, -0.15) is 0 Å². The molecular formula is C24H24F3NO5. The van der Waals surface area contributed by atoms with E-state index in [4.69, 9.17) is 13.9 Å². The monoisotopic (exact) mass is 463 g/mol. The number of ether oxygens (including phenoxy) is 3. The summed E-state index contributed by atoms with van der Waals surface area (Å²) in [7, 11) is 0. The highest BCUT2D eigenvalue weighted by atomic mass is 19.4. The van der Waals surface area contributed by atoms with E-state index in [-0.39, 0.29) is 5.75 Å². The van der Waals surface area contributed by atoms with E-state index in [1.165, 1.54) is 31.2 Å². The topological polar surface area (TPSA) is 70.8 Å². The van der Waals surface area contributed by atoms with E-state index in [2.05, 4.69) is 16.6 Å². The molecule has 0 aliphatic heterocycles. The van der Waals surface area contributed by atoms with Crippen molar-refractivity contribution >= 4 is 5.97 Å². The zero-order valence-corrected chi connectivity index (χ0v) is 18.3. The fourth-order valence-corrected chi connectivity index (χ4v) is 3.09. The summed E-state index contributed by atoms with van der Waals surface area (Å²) in [5, 5.41) is 0. The van der Waals surface area contributed by atoms with Gasteiger partial charge in [-0.15, -0.1) is 13.2 Å². The quantitative estimate of drug-likeness (QED) is 0.266. The summed E-state index contributed by atoms with van der Waals surface area (Å²) in [6.07, 6.45) is -1.71. The molecule has 9 heteroatoms. The number of nitrogens with zero attached hydrogens (tertiary/aromatic N) is 1. The van der Waals surface area contributed by atoms with Gasteiger partial charge in [0, 0.05) is 31.4 Å². The summed E-state index contributed by atoms with van der Waals surface area (Å²) in [6, 6.07) is 12.1. The molecule has 176 valence electrons. The second kappa shape index (κ2) is 10.9. The van der Waals surface area contributed by atoms with Crippen molar-refractivity contribution in [1.29, 1.82) is 0 Å². The maximum absolute atomic E-state index is 12.4. The Morgan fingerprint density at radius 1 is 1.03 bits per heavy atom. The molecule has 6 nitrogen and oxygen atoms in total. The molecule has 0 radical (unpaired) electrons. The van der Waals surface area contributed by atoms with E-state index in [0.717, 1.165) is 24.3 Å². The Kier molecular flexibility index (Phi) is 7.97. The lowest BCUT2D eigenvalue weighted by Crippen LogP contribution is -2.16. The largest absolute Gasteiger partial charge is 0.573 e. The first-order chi connectivity index (χ1) is 15.7. The number of hydrogen-bond acceptors (Lipinski definition) is 6. The fourth-order valence-electron chi connectivity index (χ4n) is 3.09. The van der Waals surface area contributed by atoms with Crippen molar-refractivity contribution in [2.24, 2.45) is 0 Å². The third-order valence-electron chi connectivity index (χ3n) is 4.55. The van der Waals surface area contributed by atoms with Crippen molar-refractivity contribution in [3.63, 3.8) is 0 Å². The molecule has 33 heavy (non-hydrogen) atoms. The second-order valence-corrected chi connectivity index (χ2v) is 7.23. The summed E-state index contributed by atoms with van der Waals surface area (Å²) in [4.78, 5) is 15.7. The Bertz CT molecular complexity index is 1060. The van der Waals surface area contributed by atoms with E-state index in [9.17, 15) is 18.0 Å². The summed E-state index contributed by atoms with van der Waals surface area (Å²) in [5.41, 5.74) is 1.27. The molecule has 1 heterocycles. The Hall–Kier alpha value is -3.49. The van der Waals surface area contributed by atoms with Crippen molar-refractivity contribution in [2.75, 3.05) is 6.61 Å². The molecule has 1 aromatic heterocycles. The van der Waals surface area contributed by atoms with Gasteiger partial charge >= 0.3 is 12.3 Å². The summed E-state index contributed by atoms with van der Waals surface area (Å²) in [5.74, 6) is 1.26. The van der Waals surface area contributed by atoms with Crippen LogP contribution in [0.15, 0.2) is 52.9 Å². The van der Waals surface area contributed by atoms with Gasteiger partial charge in [0.1, 0.15) is 23.0 Å². The molecule has 0 N–H and O–H groups in total. The molecular weight excluding hydrogens is 439 g/mol. The number of rotatable bonds is 10. The van der Waals surface area contributed by atoms with Gasteiger partial charge in [-0.05, 0) is 42.8 Å². The van der Waals surface area contributed by atoms with Crippen LogP contribution in [0.25, 0.3) is 11.5 Å². The van der Waals surface area contributed by atoms with Gasteiger partial charge in [0.25, 0.3) is 0 Å². The van der Waals surface area contributed by atoms with Gasteiger partial charge in [0.05, 0.1) is 12.3 Å². The van der Waals surface area contributed by atoms with Crippen LogP contribution < -0.4 is 14.2 Å². The number of carbonyl (C=O) groups is 1. The third kappa shape index (κ3) is 7.55. The second-order valence-electron chi connectivity index (χ2n) is 7.23. The van der Waals surface area contributed by atoms with Crippen LogP contribution >= 0.6 is 0 Å². The molecule has 0 aliphatic rings. The molecule has 0 spiro atoms. The predicted octanol–water partition coefficient (Wildman–Crippen LogP) is 6.13. The number of unbranched alkanes of at least 4 members (excludes halogenated alkanes) is 1. The number of aromatic nitrogens is 1. The van der Waals surface area contributed by atoms with Crippen LogP contribution in [-0.4, -0.2) is 23.9 Å². The minimum atomic E-state index is -4.75. The molecule has 2 aromatic carbocycles. The molecule has 0 saturated heterocycles. The number of alkyl halides is 3. The number of esters is 1. The summed E-state index contributed by atoms with van der Waals surface area (Å²) >= 11 is 0. The number of aryl methyl sites for hydroxylation is 1. The van der Waals surface area contributed by atoms with Crippen LogP contribution in [0.2, 0.25) is 0 Å². The van der Waals surface area contributed by atoms with Crippen LogP contribution in [0.3, 0.4) is 0 Å². The SMILES string of the molecule is CCCCc1oc(-c2ccc(OC(F)(F)F)cc2)nc1CCOc1cccc(OC(C)=O)c1. The average Bonchev–Trinajstić information content (AvgIpc) is 3.14. The molecule has 0 aliphatic carbocycles. The average molecular weight is 463 g/mol. The van der Waals surface area contributed by atoms with Crippen LogP contribution in [0, 0.1) is 0 Å². The number of hydrogen-bond donors (Lipinski definition) is 0. The van der Waals surface area contributed by atoms with Gasteiger partial charge < -0.3 is 18.6 Å². The van der Waals surface area contributed by atoms with Gasteiger partial charge in [-0.1, -0.05) is 19.4 Å². The van der Waals surface area contributed by atoms with E-state index in [1.54, 1.807) is 24.3 Å². The minimum Gasteiger partial charge on any atom is -0.493 e. The fraction of sp³-hybridized carbons (Fsp3) is 0.333. The smallest absolute Gasteiger partial charge is 0.493 e. The van der Waals surface area contributed by atoms with Crippen molar-refractivity contribution in [1.82, 2.24) is 4.98 Å². The highest BCUT2D eigenvalue weighted by molar-refractivity contribution is 5.69. The van der Waals surface area contributed by atoms with E-state index in [0.29, 0.717) is 42.4 Å². The van der Waals surface area contributed by atoms with Crippen molar-refractivity contribution in [2.45, 2.75) is 45.9 Å². The van der Waals surface area contributed by atoms with Crippen LogP contribution in [0.4, 0.5) is 13.2 Å². The highest BCUT2D eigenvalue weighted by Gasteiger charge is 2.31. The van der Waals surface area contributed by atoms with Crippen LogP contribution in [0.5, 0.6) is 17.2 Å². The molecule has 3 rings (SSSR count). The normalized spacial score (nSPS) is 11.3. The first kappa shape index (κ1) is 24.2.